The molecule has 0 aliphatic carbocycles. The van der Waals surface area contributed by atoms with Gasteiger partial charge in [-0.25, -0.2) is 4.98 Å². The van der Waals surface area contributed by atoms with E-state index in [1.54, 1.807) is 12.5 Å². The number of aryl methyl sites for hydroxylation is 1. The Morgan fingerprint density at radius 2 is 2.59 bits per heavy atom. The number of rotatable bonds is 5. The van der Waals surface area contributed by atoms with Crippen molar-refractivity contribution < 1.29 is 9.53 Å². The van der Waals surface area contributed by atoms with E-state index in [9.17, 15) is 4.79 Å². The molecule has 0 spiro atoms. The lowest BCUT2D eigenvalue weighted by Crippen LogP contribution is -2.45. The van der Waals surface area contributed by atoms with E-state index in [-0.39, 0.29) is 12.0 Å². The number of morpholine rings is 1. The topological polar surface area (TPSA) is 68.2 Å². The van der Waals surface area contributed by atoms with Crippen LogP contribution in [0.1, 0.15) is 6.42 Å². The molecule has 94 valence electrons. The zero-order chi connectivity index (χ0) is 11.9. The summed E-state index contributed by atoms with van der Waals surface area (Å²) in [6.45, 7) is 3.66. The average Bonchev–Trinajstić information content (AvgIpc) is 2.88. The molecule has 1 aliphatic rings. The Balaban J connectivity index is 1.60. The van der Waals surface area contributed by atoms with E-state index >= 15 is 0 Å². The maximum atomic E-state index is 11.6. The van der Waals surface area contributed by atoms with Crippen LogP contribution in [-0.4, -0.2) is 47.8 Å². The number of amides is 1. The Morgan fingerprint density at radius 3 is 3.29 bits per heavy atom. The van der Waals surface area contributed by atoms with Gasteiger partial charge in [0.2, 0.25) is 5.91 Å². The molecule has 0 saturated carbocycles. The smallest absolute Gasteiger partial charge is 0.221 e. The highest BCUT2D eigenvalue weighted by Crippen LogP contribution is 1.95. The summed E-state index contributed by atoms with van der Waals surface area (Å²) in [7, 11) is 0. The molecular weight excluding hydrogens is 220 g/mol. The molecule has 1 aromatic heterocycles. The minimum Gasteiger partial charge on any atom is -0.374 e. The molecule has 1 fully saturated rings. The van der Waals surface area contributed by atoms with Crippen LogP contribution in [0.2, 0.25) is 0 Å². The van der Waals surface area contributed by atoms with Gasteiger partial charge in [-0.15, -0.1) is 0 Å². The number of imidazole rings is 1. The summed E-state index contributed by atoms with van der Waals surface area (Å²) in [5, 5.41) is 6.10. The van der Waals surface area contributed by atoms with Gasteiger partial charge in [-0.3, -0.25) is 4.79 Å². The van der Waals surface area contributed by atoms with Gasteiger partial charge >= 0.3 is 0 Å². The fourth-order valence-corrected chi connectivity index (χ4v) is 1.72. The van der Waals surface area contributed by atoms with E-state index < -0.39 is 0 Å². The monoisotopic (exact) mass is 238 g/mol. The van der Waals surface area contributed by atoms with Crippen LogP contribution in [0.15, 0.2) is 18.7 Å². The number of ether oxygens (including phenoxy) is 1. The van der Waals surface area contributed by atoms with Crippen molar-refractivity contribution in [3.05, 3.63) is 18.7 Å². The first kappa shape index (κ1) is 12.1. The first-order chi connectivity index (χ1) is 8.34. The highest BCUT2D eigenvalue weighted by Gasteiger charge is 2.13. The second-order valence-electron chi connectivity index (χ2n) is 4.05. The van der Waals surface area contributed by atoms with Gasteiger partial charge in [0.1, 0.15) is 0 Å². The third kappa shape index (κ3) is 4.16. The van der Waals surface area contributed by atoms with E-state index in [2.05, 4.69) is 15.6 Å². The summed E-state index contributed by atoms with van der Waals surface area (Å²) >= 11 is 0. The van der Waals surface area contributed by atoms with Crippen molar-refractivity contribution in [2.24, 2.45) is 0 Å². The lowest BCUT2D eigenvalue weighted by atomic mass is 10.3. The number of aromatic nitrogens is 2. The number of carbonyl (C=O) groups excluding carboxylic acids is 1. The Hall–Kier alpha value is -1.40. The second-order valence-corrected chi connectivity index (χ2v) is 4.05. The summed E-state index contributed by atoms with van der Waals surface area (Å²) in [5.41, 5.74) is 0. The van der Waals surface area contributed by atoms with Gasteiger partial charge in [-0.05, 0) is 0 Å². The summed E-state index contributed by atoms with van der Waals surface area (Å²) in [4.78, 5) is 15.5. The molecule has 0 bridgehead atoms. The molecule has 2 rings (SSSR count). The van der Waals surface area contributed by atoms with E-state index in [4.69, 9.17) is 4.74 Å². The van der Waals surface area contributed by atoms with Crippen molar-refractivity contribution in [1.29, 1.82) is 0 Å². The largest absolute Gasteiger partial charge is 0.374 e. The minimum absolute atomic E-state index is 0.0490. The fourth-order valence-electron chi connectivity index (χ4n) is 1.72. The van der Waals surface area contributed by atoms with Crippen molar-refractivity contribution >= 4 is 5.91 Å². The zero-order valence-corrected chi connectivity index (χ0v) is 9.76. The molecule has 1 amide bonds. The Labute approximate surface area is 100 Å². The Bertz CT molecular complexity index is 333. The number of hydrogen-bond acceptors (Lipinski definition) is 4. The fraction of sp³-hybridized carbons (Fsp3) is 0.636. The van der Waals surface area contributed by atoms with Gasteiger partial charge in [0.25, 0.3) is 0 Å². The van der Waals surface area contributed by atoms with Gasteiger partial charge in [0.15, 0.2) is 0 Å². The standard InChI is InChI=1S/C11H18N4O2/c16-11(1-4-15-5-2-13-9-15)14-8-10-7-12-3-6-17-10/h2,5,9-10,12H,1,3-4,6-8H2,(H,14,16). The van der Waals surface area contributed by atoms with E-state index in [0.717, 1.165) is 19.7 Å². The Kier molecular flexibility index (Phi) is 4.52. The summed E-state index contributed by atoms with van der Waals surface area (Å²) in [5.74, 6) is 0.0490. The van der Waals surface area contributed by atoms with Crippen LogP contribution in [0.3, 0.4) is 0 Å². The molecular formula is C11H18N4O2. The zero-order valence-electron chi connectivity index (χ0n) is 9.76. The van der Waals surface area contributed by atoms with Gasteiger partial charge in [0.05, 0.1) is 19.0 Å². The van der Waals surface area contributed by atoms with Crippen molar-refractivity contribution in [2.45, 2.75) is 19.1 Å². The van der Waals surface area contributed by atoms with Crippen LogP contribution in [0, 0.1) is 0 Å². The summed E-state index contributed by atoms with van der Waals surface area (Å²) < 4.78 is 7.37. The lowest BCUT2D eigenvalue weighted by molar-refractivity contribution is -0.122. The van der Waals surface area contributed by atoms with Crippen molar-refractivity contribution in [3.63, 3.8) is 0 Å². The first-order valence-electron chi connectivity index (χ1n) is 5.89. The van der Waals surface area contributed by atoms with Crippen molar-refractivity contribution in [2.75, 3.05) is 26.2 Å². The van der Waals surface area contributed by atoms with Gasteiger partial charge < -0.3 is 19.9 Å². The highest BCUT2D eigenvalue weighted by molar-refractivity contribution is 5.75. The second kappa shape index (κ2) is 6.36. The number of hydrogen-bond donors (Lipinski definition) is 2. The quantitative estimate of drug-likeness (QED) is 0.717. The van der Waals surface area contributed by atoms with Crippen LogP contribution < -0.4 is 10.6 Å². The van der Waals surface area contributed by atoms with Crippen LogP contribution >= 0.6 is 0 Å². The van der Waals surface area contributed by atoms with Crippen LogP contribution in [0.5, 0.6) is 0 Å². The Morgan fingerprint density at radius 1 is 1.65 bits per heavy atom. The molecule has 1 aromatic rings. The molecule has 1 aliphatic heterocycles. The number of nitrogens with one attached hydrogen (secondary N) is 2. The van der Waals surface area contributed by atoms with Crippen molar-refractivity contribution in [1.82, 2.24) is 20.2 Å². The van der Waals surface area contributed by atoms with E-state index in [0.29, 0.717) is 19.5 Å². The molecule has 0 radical (unpaired) electrons. The van der Waals surface area contributed by atoms with E-state index in [1.165, 1.54) is 0 Å². The lowest BCUT2D eigenvalue weighted by Gasteiger charge is -2.23. The normalized spacial score (nSPS) is 20.1. The minimum atomic E-state index is 0.0490. The highest BCUT2D eigenvalue weighted by atomic mass is 16.5. The molecule has 17 heavy (non-hydrogen) atoms. The van der Waals surface area contributed by atoms with Crippen LogP contribution in [0.4, 0.5) is 0 Å². The maximum absolute atomic E-state index is 11.6. The maximum Gasteiger partial charge on any atom is 0.221 e. The van der Waals surface area contributed by atoms with Crippen molar-refractivity contribution in [3.8, 4) is 0 Å². The summed E-state index contributed by atoms with van der Waals surface area (Å²) in [6, 6.07) is 0. The SMILES string of the molecule is O=C(CCn1ccnc1)NCC1CNCCO1. The molecule has 1 unspecified atom stereocenters. The molecule has 2 N–H and O–H groups in total. The third-order valence-corrected chi connectivity index (χ3v) is 2.69. The van der Waals surface area contributed by atoms with Gasteiger partial charge in [0, 0.05) is 45.0 Å². The van der Waals surface area contributed by atoms with Crippen LogP contribution in [0.25, 0.3) is 0 Å². The predicted octanol–water partition coefficient (Wildman–Crippen LogP) is -0.622. The molecule has 2 heterocycles. The molecule has 0 aromatic carbocycles. The summed E-state index contributed by atoms with van der Waals surface area (Å²) in [6.07, 6.45) is 5.83. The number of nitrogens with zero attached hydrogens (tertiary/aromatic N) is 2. The van der Waals surface area contributed by atoms with Gasteiger partial charge in [-0.1, -0.05) is 0 Å². The molecule has 6 heteroatoms. The number of carbonyl (C=O) groups is 1. The molecule has 1 atom stereocenters. The van der Waals surface area contributed by atoms with E-state index in [1.807, 2.05) is 10.8 Å². The first-order valence-corrected chi connectivity index (χ1v) is 5.89. The average molecular weight is 238 g/mol. The molecule has 6 nitrogen and oxygen atoms in total. The van der Waals surface area contributed by atoms with Crippen LogP contribution in [-0.2, 0) is 16.1 Å². The third-order valence-electron chi connectivity index (χ3n) is 2.69. The van der Waals surface area contributed by atoms with Gasteiger partial charge in [-0.2, -0.15) is 0 Å². The molecule has 1 saturated heterocycles. The predicted molar refractivity (Wildman–Crippen MR) is 62.5 cm³/mol.